The Morgan fingerprint density at radius 2 is 1.87 bits per heavy atom. The number of carboxylic acids is 1. The Kier molecular flexibility index (Phi) is 6.47. The number of carbonyl (C=O) groups is 3. The predicted octanol–water partition coefficient (Wildman–Crippen LogP) is 1.44. The molecule has 0 spiro atoms. The molecule has 2 fully saturated rings. The van der Waals surface area contributed by atoms with Crippen LogP contribution in [0.3, 0.4) is 0 Å². The summed E-state index contributed by atoms with van der Waals surface area (Å²) in [5, 5.41) is 9.46. The fourth-order valence-electron chi connectivity index (χ4n) is 3.44. The molecule has 1 amide bonds. The fourth-order valence-corrected chi connectivity index (χ4v) is 4.06. The van der Waals surface area contributed by atoms with E-state index in [1.54, 1.807) is 6.92 Å². The minimum absolute atomic E-state index is 0.0213. The number of amides is 1. The number of carbonyl (C=O) groups excluding carboxylic acids is 2. The molecule has 1 N–H and O–H groups in total. The highest BCUT2D eigenvalue weighted by Gasteiger charge is 2.42. The zero-order chi connectivity index (χ0) is 17.0. The first kappa shape index (κ1) is 18.3. The molecule has 130 valence electrons. The Morgan fingerprint density at radius 1 is 1.22 bits per heavy atom. The Balaban J connectivity index is 2.01. The van der Waals surface area contributed by atoms with Crippen molar-refractivity contribution in [1.29, 1.82) is 0 Å². The number of rotatable bonds is 5. The van der Waals surface area contributed by atoms with E-state index in [1.807, 2.05) is 0 Å². The highest BCUT2D eigenvalue weighted by molar-refractivity contribution is 8.13. The highest BCUT2D eigenvalue weighted by Crippen LogP contribution is 2.27. The van der Waals surface area contributed by atoms with Crippen molar-refractivity contribution in [2.75, 3.05) is 25.4 Å². The third-order valence-corrected chi connectivity index (χ3v) is 5.79. The van der Waals surface area contributed by atoms with E-state index in [0.29, 0.717) is 18.7 Å². The summed E-state index contributed by atoms with van der Waals surface area (Å²) in [5.41, 5.74) is 0. The van der Waals surface area contributed by atoms with Gasteiger partial charge in [0.1, 0.15) is 6.04 Å². The maximum absolute atomic E-state index is 12.6. The Labute approximate surface area is 141 Å². The molecule has 0 aliphatic carbocycles. The minimum Gasteiger partial charge on any atom is -0.480 e. The third-order valence-electron chi connectivity index (χ3n) is 4.71. The molecule has 2 heterocycles. The number of hydrogen-bond donors (Lipinski definition) is 1. The lowest BCUT2D eigenvalue weighted by Crippen LogP contribution is -2.45. The van der Waals surface area contributed by atoms with Gasteiger partial charge in [-0.05, 0) is 32.4 Å². The van der Waals surface area contributed by atoms with Gasteiger partial charge in [0.15, 0.2) is 5.12 Å². The van der Waals surface area contributed by atoms with Crippen LogP contribution in [0.2, 0.25) is 0 Å². The van der Waals surface area contributed by atoms with E-state index in [2.05, 4.69) is 4.90 Å². The van der Waals surface area contributed by atoms with E-state index >= 15 is 0 Å². The van der Waals surface area contributed by atoms with Crippen molar-refractivity contribution >= 4 is 28.8 Å². The SMILES string of the molecule is CC(=O)SCC(C)C(=O)N1CC(N2CCCCC2)C[C@H]1C(=O)O. The monoisotopic (exact) mass is 342 g/mol. The molecule has 2 rings (SSSR count). The van der Waals surface area contributed by atoms with Crippen LogP contribution in [0.1, 0.15) is 39.5 Å². The topological polar surface area (TPSA) is 77.9 Å². The smallest absolute Gasteiger partial charge is 0.326 e. The number of likely N-dealkylation sites (tertiary alicyclic amines) is 2. The van der Waals surface area contributed by atoms with E-state index in [4.69, 9.17) is 0 Å². The van der Waals surface area contributed by atoms with Gasteiger partial charge in [-0.3, -0.25) is 14.5 Å². The van der Waals surface area contributed by atoms with Gasteiger partial charge < -0.3 is 10.0 Å². The third kappa shape index (κ3) is 4.70. The summed E-state index contributed by atoms with van der Waals surface area (Å²) in [4.78, 5) is 39.1. The molecule has 0 aromatic heterocycles. The van der Waals surface area contributed by atoms with Gasteiger partial charge in [-0.1, -0.05) is 25.1 Å². The summed E-state index contributed by atoms with van der Waals surface area (Å²) in [6.07, 6.45) is 4.03. The number of piperidine rings is 1. The van der Waals surface area contributed by atoms with Crippen LogP contribution in [0.15, 0.2) is 0 Å². The van der Waals surface area contributed by atoms with Crippen molar-refractivity contribution < 1.29 is 19.5 Å². The molecule has 2 aliphatic heterocycles. The van der Waals surface area contributed by atoms with Gasteiger partial charge in [-0.25, -0.2) is 4.79 Å². The average Bonchev–Trinajstić information content (AvgIpc) is 2.98. The Hall–Kier alpha value is -1.08. The lowest BCUT2D eigenvalue weighted by molar-refractivity contribution is -0.149. The number of aliphatic carboxylic acids is 1. The van der Waals surface area contributed by atoms with Gasteiger partial charge in [-0.15, -0.1) is 0 Å². The maximum Gasteiger partial charge on any atom is 0.326 e. The predicted molar refractivity (Wildman–Crippen MR) is 89.3 cm³/mol. The molecule has 0 saturated carbocycles. The Morgan fingerprint density at radius 3 is 2.43 bits per heavy atom. The minimum atomic E-state index is -0.927. The molecule has 2 aliphatic rings. The normalized spacial score (nSPS) is 27.0. The van der Waals surface area contributed by atoms with Gasteiger partial charge in [0.05, 0.1) is 0 Å². The van der Waals surface area contributed by atoms with Gasteiger partial charge in [-0.2, -0.15) is 0 Å². The van der Waals surface area contributed by atoms with Crippen molar-refractivity contribution in [3.05, 3.63) is 0 Å². The van der Waals surface area contributed by atoms with Crippen LogP contribution in [-0.2, 0) is 14.4 Å². The van der Waals surface area contributed by atoms with Crippen LogP contribution in [0.4, 0.5) is 0 Å². The largest absolute Gasteiger partial charge is 0.480 e. The molecule has 23 heavy (non-hydrogen) atoms. The summed E-state index contributed by atoms with van der Waals surface area (Å²) in [6, 6.07) is -0.591. The van der Waals surface area contributed by atoms with Crippen molar-refractivity contribution in [3.63, 3.8) is 0 Å². The molecule has 2 unspecified atom stereocenters. The highest BCUT2D eigenvalue weighted by atomic mass is 32.2. The standard InChI is InChI=1S/C16H26N2O4S/c1-11(10-23-12(2)19)15(20)18-9-13(8-14(18)16(21)22)17-6-4-3-5-7-17/h11,13-14H,3-10H2,1-2H3,(H,21,22)/t11?,13?,14-/m0/s1. The first-order valence-corrected chi connectivity index (χ1v) is 9.29. The molecule has 6 nitrogen and oxygen atoms in total. The van der Waals surface area contributed by atoms with Gasteiger partial charge in [0, 0.05) is 31.2 Å². The summed E-state index contributed by atoms with van der Waals surface area (Å²) < 4.78 is 0. The molecule has 0 aromatic carbocycles. The quantitative estimate of drug-likeness (QED) is 0.815. The van der Waals surface area contributed by atoms with E-state index in [9.17, 15) is 19.5 Å². The van der Waals surface area contributed by atoms with E-state index in [1.165, 1.54) is 18.2 Å². The Bertz CT molecular complexity index is 465. The van der Waals surface area contributed by atoms with Gasteiger partial charge >= 0.3 is 5.97 Å². The van der Waals surface area contributed by atoms with E-state index in [-0.39, 0.29) is 23.0 Å². The van der Waals surface area contributed by atoms with Crippen molar-refractivity contribution in [2.24, 2.45) is 5.92 Å². The fraction of sp³-hybridized carbons (Fsp3) is 0.812. The lowest BCUT2D eigenvalue weighted by Gasteiger charge is -2.32. The molecule has 7 heteroatoms. The average molecular weight is 342 g/mol. The van der Waals surface area contributed by atoms with Crippen LogP contribution >= 0.6 is 11.8 Å². The van der Waals surface area contributed by atoms with Crippen molar-refractivity contribution in [3.8, 4) is 0 Å². The zero-order valence-electron chi connectivity index (χ0n) is 13.9. The number of carboxylic acid groups (broad SMARTS) is 1. The molecular weight excluding hydrogens is 316 g/mol. The van der Waals surface area contributed by atoms with Gasteiger partial charge in [0.25, 0.3) is 0 Å². The molecule has 0 radical (unpaired) electrons. The second-order valence-corrected chi connectivity index (χ2v) is 7.73. The number of nitrogens with zero attached hydrogens (tertiary/aromatic N) is 2. The summed E-state index contributed by atoms with van der Waals surface area (Å²) in [7, 11) is 0. The molecule has 0 aromatic rings. The van der Waals surface area contributed by atoms with Gasteiger partial charge in [0.2, 0.25) is 5.91 Å². The van der Waals surface area contributed by atoms with E-state index in [0.717, 1.165) is 37.7 Å². The van der Waals surface area contributed by atoms with Crippen LogP contribution in [0.5, 0.6) is 0 Å². The number of hydrogen-bond acceptors (Lipinski definition) is 5. The summed E-state index contributed by atoms with van der Waals surface area (Å²) in [5.74, 6) is -1.01. The van der Waals surface area contributed by atoms with Crippen molar-refractivity contribution in [2.45, 2.75) is 51.6 Å². The first-order chi connectivity index (χ1) is 10.9. The van der Waals surface area contributed by atoms with Crippen LogP contribution in [-0.4, -0.2) is 69.4 Å². The lowest BCUT2D eigenvalue weighted by atomic mass is 10.1. The van der Waals surface area contributed by atoms with E-state index < -0.39 is 12.0 Å². The molecule has 3 atom stereocenters. The summed E-state index contributed by atoms with van der Waals surface area (Å²) in [6.45, 7) is 5.73. The summed E-state index contributed by atoms with van der Waals surface area (Å²) >= 11 is 1.12. The second kappa shape index (κ2) is 8.15. The zero-order valence-corrected chi connectivity index (χ0v) is 14.7. The van der Waals surface area contributed by atoms with Crippen LogP contribution in [0, 0.1) is 5.92 Å². The van der Waals surface area contributed by atoms with Crippen LogP contribution < -0.4 is 0 Å². The molecule has 2 saturated heterocycles. The number of thioether (sulfide) groups is 1. The maximum atomic E-state index is 12.6. The molecular formula is C16H26N2O4S. The van der Waals surface area contributed by atoms with Crippen molar-refractivity contribution in [1.82, 2.24) is 9.80 Å². The second-order valence-electron chi connectivity index (χ2n) is 6.53. The molecule has 0 bridgehead atoms. The van der Waals surface area contributed by atoms with Crippen LogP contribution in [0.25, 0.3) is 0 Å². The first-order valence-electron chi connectivity index (χ1n) is 8.31.